The molecule has 3 aromatic rings. The number of rotatable bonds is 1. The van der Waals surface area contributed by atoms with E-state index in [9.17, 15) is 5.11 Å². The first-order valence-corrected chi connectivity index (χ1v) is 5.21. The van der Waals surface area contributed by atoms with E-state index in [1.165, 1.54) is 6.07 Å². The monoisotopic (exact) mass is 225 g/mol. The summed E-state index contributed by atoms with van der Waals surface area (Å²) in [7, 11) is 0. The molecule has 1 N–H and O–H groups in total. The summed E-state index contributed by atoms with van der Waals surface area (Å²) in [5, 5.41) is 11.7. The van der Waals surface area contributed by atoms with Crippen molar-refractivity contribution >= 4 is 10.8 Å². The Bertz CT molecular complexity index is 876. The van der Waals surface area contributed by atoms with Crippen LogP contribution >= 0.6 is 0 Å². The van der Waals surface area contributed by atoms with Crippen LogP contribution in [-0.2, 0) is 0 Å². The minimum atomic E-state index is -0.446. The van der Waals surface area contributed by atoms with Crippen LogP contribution in [-0.4, -0.2) is 5.11 Å². The molecule has 0 aliphatic heterocycles. The number of benzene rings is 3. The molecule has 0 saturated carbocycles. The lowest BCUT2D eigenvalue weighted by Gasteiger charge is -2.09. The van der Waals surface area contributed by atoms with Crippen LogP contribution in [0.1, 0.15) is 6.85 Å². The number of phenols is 1. The van der Waals surface area contributed by atoms with Gasteiger partial charge in [0.2, 0.25) is 0 Å². The highest BCUT2D eigenvalue weighted by Gasteiger charge is 2.08. The van der Waals surface area contributed by atoms with Gasteiger partial charge in [-0.3, -0.25) is 0 Å². The molecule has 0 bridgehead atoms. The van der Waals surface area contributed by atoms with Gasteiger partial charge in [-0.25, -0.2) is 0 Å². The molecule has 0 atom stereocenters. The van der Waals surface area contributed by atoms with Crippen LogP contribution in [0.2, 0.25) is 0 Å². The predicted octanol–water partition coefficient (Wildman–Crippen LogP) is 4.21. The van der Waals surface area contributed by atoms with Crippen LogP contribution in [0.25, 0.3) is 21.9 Å². The Morgan fingerprint density at radius 1 is 0.882 bits per heavy atom. The molecular weight excluding hydrogens is 208 g/mol. The highest BCUT2D eigenvalue weighted by atomic mass is 16.3. The van der Waals surface area contributed by atoms with Crippen molar-refractivity contribution in [3.63, 3.8) is 0 Å². The normalized spacial score (nSPS) is 14.7. The van der Waals surface area contributed by atoms with Crippen LogP contribution in [0.15, 0.2) is 66.6 Å². The first kappa shape index (κ1) is 5.87. The fraction of sp³-hybridized carbons (Fsp3) is 0. The summed E-state index contributed by atoms with van der Waals surface area (Å²) in [6, 6.07) is 8.49. The van der Waals surface area contributed by atoms with Crippen molar-refractivity contribution in [1.29, 1.82) is 0 Å². The molecule has 0 aliphatic carbocycles. The van der Waals surface area contributed by atoms with E-state index >= 15 is 0 Å². The van der Waals surface area contributed by atoms with Crippen molar-refractivity contribution in [1.82, 2.24) is 0 Å². The zero-order valence-electron chi connectivity index (χ0n) is 13.9. The molecule has 0 unspecified atom stereocenters. The van der Waals surface area contributed by atoms with Gasteiger partial charge in [-0.05, 0) is 22.4 Å². The van der Waals surface area contributed by atoms with Gasteiger partial charge in [0.25, 0.3) is 0 Å². The third-order valence-corrected chi connectivity index (χ3v) is 2.66. The van der Waals surface area contributed by atoms with E-state index < -0.39 is 18.1 Å². The third-order valence-electron chi connectivity index (χ3n) is 2.66. The van der Waals surface area contributed by atoms with Gasteiger partial charge < -0.3 is 5.11 Å². The van der Waals surface area contributed by atoms with Crippen LogP contribution < -0.4 is 0 Å². The SMILES string of the molecule is [2H]c1c([2H])c([2H])c(-c2c(O)ccc3ccccc23)c([2H])c1[2H]. The highest BCUT2D eigenvalue weighted by molar-refractivity contribution is 5.99. The van der Waals surface area contributed by atoms with Gasteiger partial charge >= 0.3 is 0 Å². The Morgan fingerprint density at radius 2 is 1.65 bits per heavy atom. The molecule has 3 aromatic carbocycles. The van der Waals surface area contributed by atoms with E-state index in [-0.39, 0.29) is 29.0 Å². The van der Waals surface area contributed by atoms with Gasteiger partial charge in [0.05, 0.1) is 6.85 Å². The van der Waals surface area contributed by atoms with Crippen molar-refractivity contribution in [2.24, 2.45) is 0 Å². The second-order valence-corrected chi connectivity index (χ2v) is 3.68. The van der Waals surface area contributed by atoms with Crippen LogP contribution in [0.5, 0.6) is 5.75 Å². The first-order valence-electron chi connectivity index (χ1n) is 7.71. The standard InChI is InChI=1S/C16H12O/c17-15-11-10-12-6-4-5-9-14(12)16(15)13-7-2-1-3-8-13/h1-11,17H/i1D,2D,3D,7D,8D. The average Bonchev–Trinajstić information content (AvgIpc) is 2.53. The van der Waals surface area contributed by atoms with Gasteiger partial charge in [0, 0.05) is 5.56 Å². The number of aromatic hydroxyl groups is 1. The second kappa shape index (κ2) is 3.95. The number of phenolic OH excluding ortho intramolecular Hbond substituents is 1. The number of hydrogen-bond donors (Lipinski definition) is 1. The average molecular weight is 225 g/mol. The van der Waals surface area contributed by atoms with E-state index in [0.717, 1.165) is 5.39 Å². The lowest BCUT2D eigenvalue weighted by atomic mass is 9.97. The second-order valence-electron chi connectivity index (χ2n) is 3.68. The third kappa shape index (κ3) is 1.66. The quantitative estimate of drug-likeness (QED) is 0.657. The zero-order chi connectivity index (χ0) is 16.0. The van der Waals surface area contributed by atoms with Gasteiger partial charge in [-0.15, -0.1) is 0 Å². The smallest absolute Gasteiger partial charge is 0.124 e. The molecule has 0 amide bonds. The Morgan fingerprint density at radius 3 is 2.47 bits per heavy atom. The molecule has 1 nitrogen and oxygen atoms in total. The summed E-state index contributed by atoms with van der Waals surface area (Å²) in [5.41, 5.74) is 0.274. The maximum Gasteiger partial charge on any atom is 0.124 e. The first-order chi connectivity index (χ1) is 10.4. The molecule has 0 radical (unpaired) electrons. The molecular formula is C16H12O. The molecule has 1 heteroatoms. The minimum Gasteiger partial charge on any atom is -0.507 e. The van der Waals surface area contributed by atoms with Crippen molar-refractivity contribution in [2.75, 3.05) is 0 Å². The topological polar surface area (TPSA) is 20.2 Å². The van der Waals surface area contributed by atoms with Crippen molar-refractivity contribution in [2.45, 2.75) is 0 Å². The van der Waals surface area contributed by atoms with Crippen molar-refractivity contribution in [3.8, 4) is 16.9 Å². The fourth-order valence-electron chi connectivity index (χ4n) is 1.90. The lowest BCUT2D eigenvalue weighted by molar-refractivity contribution is 0.478. The Labute approximate surface area is 107 Å². The molecule has 0 fully saturated rings. The van der Waals surface area contributed by atoms with Crippen LogP contribution in [0.3, 0.4) is 0 Å². The molecule has 0 heterocycles. The molecule has 3 rings (SSSR count). The summed E-state index contributed by atoms with van der Waals surface area (Å²) in [6.07, 6.45) is 0. The number of hydrogen-bond acceptors (Lipinski definition) is 1. The van der Waals surface area contributed by atoms with E-state index in [2.05, 4.69) is 0 Å². The summed E-state index contributed by atoms with van der Waals surface area (Å²) in [5.74, 6) is -0.114. The van der Waals surface area contributed by atoms with Gasteiger partial charge in [0.15, 0.2) is 0 Å². The number of fused-ring (bicyclic) bond motifs is 1. The van der Waals surface area contributed by atoms with Gasteiger partial charge in [-0.2, -0.15) is 0 Å². The summed E-state index contributed by atoms with van der Waals surface area (Å²) < 4.78 is 39.3. The fourth-order valence-corrected chi connectivity index (χ4v) is 1.90. The molecule has 82 valence electrons. The molecule has 0 aliphatic rings. The van der Waals surface area contributed by atoms with Crippen molar-refractivity contribution in [3.05, 3.63) is 66.6 Å². The lowest BCUT2D eigenvalue weighted by Crippen LogP contribution is -1.82. The zero-order valence-corrected chi connectivity index (χ0v) is 8.91. The Kier molecular flexibility index (Phi) is 1.36. The van der Waals surface area contributed by atoms with E-state index in [4.69, 9.17) is 6.85 Å². The van der Waals surface area contributed by atoms with Crippen molar-refractivity contribution < 1.29 is 12.0 Å². The summed E-state index contributed by atoms with van der Waals surface area (Å²) in [4.78, 5) is 0. The largest absolute Gasteiger partial charge is 0.507 e. The van der Waals surface area contributed by atoms with Gasteiger partial charge in [-0.1, -0.05) is 60.5 Å². The molecule has 17 heavy (non-hydrogen) atoms. The maximum atomic E-state index is 10.2. The minimum absolute atomic E-state index is 0.0142. The van der Waals surface area contributed by atoms with Crippen LogP contribution in [0, 0.1) is 0 Å². The maximum absolute atomic E-state index is 10.2. The summed E-state index contributed by atoms with van der Waals surface area (Å²) >= 11 is 0. The molecule has 0 spiro atoms. The van der Waals surface area contributed by atoms with E-state index in [1.807, 2.05) is 12.1 Å². The highest BCUT2D eigenvalue weighted by Crippen LogP contribution is 2.35. The Hall–Kier alpha value is -2.28. The Balaban J connectivity index is 2.51. The summed E-state index contributed by atoms with van der Waals surface area (Å²) in [6.45, 7) is 0. The van der Waals surface area contributed by atoms with Crippen LogP contribution in [0.4, 0.5) is 0 Å². The van der Waals surface area contributed by atoms with Gasteiger partial charge in [0.1, 0.15) is 5.75 Å². The van der Waals surface area contributed by atoms with E-state index in [1.54, 1.807) is 18.2 Å². The molecule has 0 aromatic heterocycles. The molecule has 0 saturated heterocycles. The predicted molar refractivity (Wildman–Crippen MR) is 71.0 cm³/mol. The van der Waals surface area contributed by atoms with E-state index in [0.29, 0.717) is 5.39 Å².